The number of ether oxygens (including phenoxy) is 1. The van der Waals surface area contributed by atoms with Crippen LogP contribution in [0.2, 0.25) is 0 Å². The summed E-state index contributed by atoms with van der Waals surface area (Å²) in [5.41, 5.74) is 1.39. The molecule has 0 aromatic heterocycles. The summed E-state index contributed by atoms with van der Waals surface area (Å²) < 4.78 is 5.15. The minimum Gasteiger partial charge on any atom is -0.466 e. The molecule has 1 unspecified atom stereocenters. The molecule has 3 N–H and O–H groups in total. The first-order valence-electron chi connectivity index (χ1n) is 11.2. The van der Waals surface area contributed by atoms with Crippen LogP contribution in [0.5, 0.6) is 0 Å². The molecular weight excluding hydrogens is 412 g/mol. The number of esters is 1. The summed E-state index contributed by atoms with van der Waals surface area (Å²) in [7, 11) is 0. The number of anilines is 2. The van der Waals surface area contributed by atoms with Gasteiger partial charge >= 0.3 is 5.97 Å². The van der Waals surface area contributed by atoms with Gasteiger partial charge in [0, 0.05) is 30.9 Å². The molecule has 9 nitrogen and oxygen atoms in total. The predicted molar refractivity (Wildman–Crippen MR) is 122 cm³/mol. The SMILES string of the molecule is CCCCOC(=O)CC1C(=O)NCCN1C(=O)CNc1ccc(NC(=O)CC(C)C)cc1. The summed E-state index contributed by atoms with van der Waals surface area (Å²) >= 11 is 0. The Morgan fingerprint density at radius 1 is 1.19 bits per heavy atom. The summed E-state index contributed by atoms with van der Waals surface area (Å²) in [6.07, 6.45) is 1.95. The molecule has 1 aliphatic heterocycles. The number of carbonyl (C=O) groups is 4. The summed E-state index contributed by atoms with van der Waals surface area (Å²) in [5.74, 6) is -0.875. The van der Waals surface area contributed by atoms with Crippen LogP contribution in [-0.2, 0) is 23.9 Å². The van der Waals surface area contributed by atoms with Crippen LogP contribution in [0.3, 0.4) is 0 Å². The molecule has 0 bridgehead atoms. The molecule has 1 aromatic carbocycles. The molecule has 1 heterocycles. The highest BCUT2D eigenvalue weighted by molar-refractivity contribution is 5.93. The molecule has 3 amide bonds. The van der Waals surface area contributed by atoms with Crippen molar-refractivity contribution in [3.63, 3.8) is 0 Å². The zero-order valence-corrected chi connectivity index (χ0v) is 19.1. The van der Waals surface area contributed by atoms with E-state index >= 15 is 0 Å². The normalized spacial score (nSPS) is 15.8. The second-order valence-corrected chi connectivity index (χ2v) is 8.25. The number of amides is 3. The Hall–Kier alpha value is -3.10. The number of unbranched alkanes of at least 4 members (excludes halogenated alkanes) is 1. The number of carbonyl (C=O) groups excluding carboxylic acids is 4. The zero-order valence-electron chi connectivity index (χ0n) is 19.1. The average Bonchev–Trinajstić information content (AvgIpc) is 2.74. The minimum atomic E-state index is -0.870. The van der Waals surface area contributed by atoms with Crippen LogP contribution in [0.4, 0.5) is 11.4 Å². The van der Waals surface area contributed by atoms with Crippen molar-refractivity contribution in [3.8, 4) is 0 Å². The van der Waals surface area contributed by atoms with E-state index in [1.54, 1.807) is 24.3 Å². The Balaban J connectivity index is 1.88. The molecule has 32 heavy (non-hydrogen) atoms. The lowest BCUT2D eigenvalue weighted by Crippen LogP contribution is -2.58. The van der Waals surface area contributed by atoms with Crippen molar-refractivity contribution in [1.82, 2.24) is 10.2 Å². The average molecular weight is 447 g/mol. The standard InChI is InChI=1S/C23H34N4O5/c1-4-5-12-32-22(30)14-19-23(31)24-10-11-27(19)21(29)15-25-17-6-8-18(9-7-17)26-20(28)13-16(2)3/h6-9,16,19,25H,4-5,10-15H2,1-3H3,(H,24,31)(H,26,28). The van der Waals surface area contributed by atoms with Crippen LogP contribution in [0.25, 0.3) is 0 Å². The maximum atomic E-state index is 12.8. The third-order valence-electron chi connectivity index (χ3n) is 4.98. The van der Waals surface area contributed by atoms with Gasteiger partial charge in [-0.3, -0.25) is 19.2 Å². The third-order valence-corrected chi connectivity index (χ3v) is 4.98. The Labute approximate surface area is 189 Å². The van der Waals surface area contributed by atoms with E-state index in [1.807, 2.05) is 20.8 Å². The quantitative estimate of drug-likeness (QED) is 0.354. The maximum absolute atomic E-state index is 12.8. The molecule has 176 valence electrons. The molecule has 1 saturated heterocycles. The van der Waals surface area contributed by atoms with Crippen molar-refractivity contribution in [2.75, 3.05) is 36.9 Å². The smallest absolute Gasteiger partial charge is 0.308 e. The fraction of sp³-hybridized carbons (Fsp3) is 0.565. The number of benzene rings is 1. The summed E-state index contributed by atoms with van der Waals surface area (Å²) in [6, 6.07) is 6.18. The lowest BCUT2D eigenvalue weighted by molar-refractivity contribution is -0.151. The van der Waals surface area contributed by atoms with Crippen molar-refractivity contribution < 1.29 is 23.9 Å². The second kappa shape index (κ2) is 12.7. The van der Waals surface area contributed by atoms with Crippen LogP contribution in [0, 0.1) is 5.92 Å². The van der Waals surface area contributed by atoms with Gasteiger partial charge in [-0.25, -0.2) is 0 Å². The van der Waals surface area contributed by atoms with Crippen molar-refractivity contribution >= 4 is 35.1 Å². The Morgan fingerprint density at radius 3 is 2.53 bits per heavy atom. The van der Waals surface area contributed by atoms with Gasteiger partial charge < -0.3 is 25.6 Å². The first-order chi connectivity index (χ1) is 15.3. The zero-order chi connectivity index (χ0) is 23.5. The van der Waals surface area contributed by atoms with Crippen molar-refractivity contribution in [2.24, 2.45) is 5.92 Å². The van der Waals surface area contributed by atoms with E-state index in [-0.39, 0.29) is 36.6 Å². The molecule has 0 aliphatic carbocycles. The number of hydrogen-bond donors (Lipinski definition) is 3. The van der Waals surface area contributed by atoms with E-state index in [2.05, 4.69) is 16.0 Å². The summed E-state index contributed by atoms with van der Waals surface area (Å²) in [4.78, 5) is 50.4. The number of rotatable bonds is 11. The van der Waals surface area contributed by atoms with Crippen LogP contribution < -0.4 is 16.0 Å². The van der Waals surface area contributed by atoms with E-state index in [0.29, 0.717) is 37.5 Å². The lowest BCUT2D eigenvalue weighted by atomic mass is 10.1. The van der Waals surface area contributed by atoms with Gasteiger partial charge in [0.1, 0.15) is 6.04 Å². The lowest BCUT2D eigenvalue weighted by Gasteiger charge is -2.34. The van der Waals surface area contributed by atoms with Crippen LogP contribution >= 0.6 is 0 Å². The highest BCUT2D eigenvalue weighted by atomic mass is 16.5. The first kappa shape index (κ1) is 25.2. The molecule has 1 aliphatic rings. The van der Waals surface area contributed by atoms with Gasteiger partial charge in [-0.1, -0.05) is 27.2 Å². The van der Waals surface area contributed by atoms with Gasteiger partial charge in [-0.2, -0.15) is 0 Å². The molecule has 9 heteroatoms. The topological polar surface area (TPSA) is 117 Å². The van der Waals surface area contributed by atoms with Crippen LogP contribution in [0.15, 0.2) is 24.3 Å². The highest BCUT2D eigenvalue weighted by Crippen LogP contribution is 2.16. The minimum absolute atomic E-state index is 0.0201. The Morgan fingerprint density at radius 2 is 1.88 bits per heavy atom. The van der Waals surface area contributed by atoms with E-state index in [1.165, 1.54) is 4.90 Å². The second-order valence-electron chi connectivity index (χ2n) is 8.25. The van der Waals surface area contributed by atoms with Crippen molar-refractivity contribution in [2.45, 2.75) is 52.5 Å². The highest BCUT2D eigenvalue weighted by Gasteiger charge is 2.34. The van der Waals surface area contributed by atoms with E-state index in [9.17, 15) is 19.2 Å². The Kier molecular flexibility index (Phi) is 9.97. The molecule has 1 atom stereocenters. The van der Waals surface area contributed by atoms with E-state index < -0.39 is 12.0 Å². The Bertz CT molecular complexity index is 794. The van der Waals surface area contributed by atoms with Gasteiger partial charge in [0.25, 0.3) is 0 Å². The van der Waals surface area contributed by atoms with Gasteiger partial charge in [-0.05, 0) is 36.6 Å². The van der Waals surface area contributed by atoms with Gasteiger partial charge in [0.15, 0.2) is 0 Å². The maximum Gasteiger partial charge on any atom is 0.308 e. The largest absolute Gasteiger partial charge is 0.466 e. The fourth-order valence-electron chi connectivity index (χ4n) is 3.30. The third kappa shape index (κ3) is 8.20. The van der Waals surface area contributed by atoms with Crippen LogP contribution in [-0.4, -0.2) is 60.9 Å². The molecule has 0 radical (unpaired) electrons. The molecule has 1 fully saturated rings. The number of piperazine rings is 1. The van der Waals surface area contributed by atoms with Gasteiger partial charge in [0.05, 0.1) is 19.6 Å². The van der Waals surface area contributed by atoms with Crippen molar-refractivity contribution in [1.29, 1.82) is 0 Å². The molecule has 0 spiro atoms. The molecule has 0 saturated carbocycles. The molecular formula is C23H34N4O5. The summed E-state index contributed by atoms with van der Waals surface area (Å²) in [5, 5.41) is 8.57. The predicted octanol–water partition coefficient (Wildman–Crippen LogP) is 2.14. The van der Waals surface area contributed by atoms with E-state index in [0.717, 1.165) is 12.8 Å². The van der Waals surface area contributed by atoms with Crippen molar-refractivity contribution in [3.05, 3.63) is 24.3 Å². The molecule has 2 rings (SSSR count). The fourth-order valence-corrected chi connectivity index (χ4v) is 3.30. The first-order valence-corrected chi connectivity index (χ1v) is 11.2. The summed E-state index contributed by atoms with van der Waals surface area (Å²) in [6.45, 7) is 6.93. The number of hydrogen-bond acceptors (Lipinski definition) is 6. The van der Waals surface area contributed by atoms with E-state index in [4.69, 9.17) is 4.74 Å². The van der Waals surface area contributed by atoms with Gasteiger partial charge in [0.2, 0.25) is 17.7 Å². The van der Waals surface area contributed by atoms with Gasteiger partial charge in [-0.15, -0.1) is 0 Å². The number of nitrogens with zero attached hydrogens (tertiary/aromatic N) is 1. The molecule has 1 aromatic rings. The number of nitrogens with one attached hydrogen (secondary N) is 3. The van der Waals surface area contributed by atoms with Crippen LogP contribution in [0.1, 0.15) is 46.5 Å². The monoisotopic (exact) mass is 446 g/mol.